The van der Waals surface area contributed by atoms with Gasteiger partial charge in [-0.2, -0.15) is 5.26 Å². The second-order valence-electron chi connectivity index (χ2n) is 5.73. The predicted molar refractivity (Wildman–Crippen MR) is 98.4 cm³/mol. The molecule has 25 heavy (non-hydrogen) atoms. The number of para-hydroxylation sites is 2. The lowest BCUT2D eigenvalue weighted by Gasteiger charge is -2.38. The van der Waals surface area contributed by atoms with Crippen LogP contribution in [0.5, 0.6) is 0 Å². The number of primary sulfonamides is 1. The third-order valence-electron chi connectivity index (χ3n) is 4.22. The molecule has 1 saturated heterocycles. The molecule has 1 heterocycles. The molecule has 2 aromatic rings. The van der Waals surface area contributed by atoms with E-state index in [0.717, 1.165) is 5.69 Å². The van der Waals surface area contributed by atoms with E-state index in [0.29, 0.717) is 42.5 Å². The van der Waals surface area contributed by atoms with Crippen molar-refractivity contribution >= 4 is 33.0 Å². The zero-order chi connectivity index (χ0) is 18.0. The van der Waals surface area contributed by atoms with E-state index in [1.807, 2.05) is 4.90 Å². The third-order valence-corrected chi connectivity index (χ3v) is 5.48. The normalized spacial score (nSPS) is 15.1. The topological polar surface area (TPSA) is 90.4 Å². The van der Waals surface area contributed by atoms with Crippen LogP contribution in [0.2, 0.25) is 5.02 Å². The van der Waals surface area contributed by atoms with Crippen molar-refractivity contribution in [3.8, 4) is 6.07 Å². The molecule has 130 valence electrons. The molecule has 3 rings (SSSR count). The van der Waals surface area contributed by atoms with Crippen LogP contribution in [0.1, 0.15) is 5.56 Å². The summed E-state index contributed by atoms with van der Waals surface area (Å²) in [6.07, 6.45) is 0. The fourth-order valence-electron chi connectivity index (χ4n) is 3.06. The fourth-order valence-corrected chi connectivity index (χ4v) is 4.11. The molecule has 0 atom stereocenters. The molecule has 0 saturated carbocycles. The van der Waals surface area contributed by atoms with Gasteiger partial charge >= 0.3 is 0 Å². The van der Waals surface area contributed by atoms with E-state index in [4.69, 9.17) is 16.7 Å². The number of hydrogen-bond donors (Lipinski definition) is 1. The Balaban J connectivity index is 1.84. The first-order chi connectivity index (χ1) is 11.9. The molecular weight excluding hydrogens is 360 g/mol. The van der Waals surface area contributed by atoms with Gasteiger partial charge in [0.2, 0.25) is 10.0 Å². The van der Waals surface area contributed by atoms with Crippen molar-refractivity contribution in [2.24, 2.45) is 5.14 Å². The van der Waals surface area contributed by atoms with Crippen molar-refractivity contribution in [1.82, 2.24) is 0 Å². The first-order valence-electron chi connectivity index (χ1n) is 7.72. The number of piperazine rings is 1. The van der Waals surface area contributed by atoms with Crippen LogP contribution in [0.25, 0.3) is 0 Å². The van der Waals surface area contributed by atoms with Crippen LogP contribution in [0, 0.1) is 11.3 Å². The van der Waals surface area contributed by atoms with Crippen molar-refractivity contribution in [2.75, 3.05) is 36.0 Å². The number of benzene rings is 2. The Hall–Kier alpha value is -2.27. The Morgan fingerprint density at radius 1 is 1.00 bits per heavy atom. The summed E-state index contributed by atoms with van der Waals surface area (Å²) < 4.78 is 23.6. The number of halogens is 1. The van der Waals surface area contributed by atoms with Gasteiger partial charge in [0.05, 0.1) is 22.0 Å². The lowest BCUT2D eigenvalue weighted by molar-refractivity contribution is 0.595. The molecule has 6 nitrogen and oxygen atoms in total. The highest BCUT2D eigenvalue weighted by molar-refractivity contribution is 7.89. The number of sulfonamides is 1. The molecule has 0 radical (unpaired) electrons. The maximum Gasteiger partial charge on any atom is 0.240 e. The maximum absolute atomic E-state index is 11.8. The summed E-state index contributed by atoms with van der Waals surface area (Å²) in [5.74, 6) is 0. The van der Waals surface area contributed by atoms with Crippen LogP contribution in [-0.4, -0.2) is 34.6 Å². The molecule has 1 fully saturated rings. The first kappa shape index (κ1) is 17.5. The minimum Gasteiger partial charge on any atom is -0.367 e. The van der Waals surface area contributed by atoms with E-state index in [9.17, 15) is 13.7 Å². The summed E-state index contributed by atoms with van der Waals surface area (Å²) in [5.41, 5.74) is 1.86. The predicted octanol–water partition coefficient (Wildman–Crippen LogP) is 2.19. The fraction of sp³-hybridized carbons (Fsp3) is 0.235. The molecular formula is C17H17ClN4O2S. The number of nitrogens with two attached hydrogens (primary N) is 1. The van der Waals surface area contributed by atoms with Gasteiger partial charge in [-0.3, -0.25) is 0 Å². The van der Waals surface area contributed by atoms with Gasteiger partial charge in [0, 0.05) is 26.2 Å². The molecule has 1 aliphatic rings. The van der Waals surface area contributed by atoms with Gasteiger partial charge in [-0.05, 0) is 24.3 Å². The zero-order valence-corrected chi connectivity index (χ0v) is 15.0. The van der Waals surface area contributed by atoms with Crippen LogP contribution in [0.3, 0.4) is 0 Å². The van der Waals surface area contributed by atoms with E-state index in [1.54, 1.807) is 36.4 Å². The number of nitrogens with zero attached hydrogens (tertiary/aromatic N) is 3. The van der Waals surface area contributed by atoms with Gasteiger partial charge in [0.15, 0.2) is 0 Å². The van der Waals surface area contributed by atoms with Gasteiger partial charge in [-0.15, -0.1) is 0 Å². The number of hydrogen-bond acceptors (Lipinski definition) is 5. The number of rotatable bonds is 3. The Morgan fingerprint density at radius 2 is 1.64 bits per heavy atom. The molecule has 0 amide bonds. The second-order valence-corrected chi connectivity index (χ2v) is 7.67. The average Bonchev–Trinajstić information content (AvgIpc) is 2.61. The summed E-state index contributed by atoms with van der Waals surface area (Å²) in [6.45, 7) is 2.44. The van der Waals surface area contributed by atoms with E-state index >= 15 is 0 Å². The Kier molecular flexibility index (Phi) is 4.86. The van der Waals surface area contributed by atoms with E-state index < -0.39 is 10.0 Å². The number of anilines is 2. The first-order valence-corrected chi connectivity index (χ1v) is 9.64. The van der Waals surface area contributed by atoms with E-state index in [1.165, 1.54) is 6.07 Å². The smallest absolute Gasteiger partial charge is 0.240 e. The molecule has 2 N–H and O–H groups in total. The van der Waals surface area contributed by atoms with Crippen molar-refractivity contribution in [1.29, 1.82) is 5.26 Å². The lowest BCUT2D eigenvalue weighted by Crippen LogP contribution is -2.47. The van der Waals surface area contributed by atoms with Crippen molar-refractivity contribution in [2.45, 2.75) is 4.90 Å². The van der Waals surface area contributed by atoms with Crippen LogP contribution in [0.4, 0.5) is 11.4 Å². The van der Waals surface area contributed by atoms with Gasteiger partial charge in [0.1, 0.15) is 11.0 Å². The quantitative estimate of drug-likeness (QED) is 0.886. The largest absolute Gasteiger partial charge is 0.367 e. The molecule has 0 aromatic heterocycles. The van der Waals surface area contributed by atoms with Crippen LogP contribution in [0.15, 0.2) is 47.4 Å². The minimum atomic E-state index is -3.79. The van der Waals surface area contributed by atoms with E-state index in [-0.39, 0.29) is 4.90 Å². The highest BCUT2D eigenvalue weighted by Crippen LogP contribution is 2.32. The summed E-state index contributed by atoms with van der Waals surface area (Å²) in [4.78, 5) is 4.16. The summed E-state index contributed by atoms with van der Waals surface area (Å²) in [6, 6.07) is 14.1. The van der Waals surface area contributed by atoms with Crippen LogP contribution in [-0.2, 0) is 10.0 Å². The van der Waals surface area contributed by atoms with Crippen molar-refractivity contribution < 1.29 is 8.42 Å². The molecule has 2 aromatic carbocycles. The molecule has 0 unspecified atom stereocenters. The highest BCUT2D eigenvalue weighted by atomic mass is 35.5. The van der Waals surface area contributed by atoms with Gasteiger partial charge in [-0.1, -0.05) is 29.8 Å². The zero-order valence-electron chi connectivity index (χ0n) is 13.4. The highest BCUT2D eigenvalue weighted by Gasteiger charge is 2.24. The molecule has 1 aliphatic heterocycles. The van der Waals surface area contributed by atoms with E-state index in [2.05, 4.69) is 11.0 Å². The molecule has 0 spiro atoms. The third kappa shape index (κ3) is 3.56. The molecule has 0 aliphatic carbocycles. The monoisotopic (exact) mass is 376 g/mol. The Bertz CT molecular complexity index is 932. The summed E-state index contributed by atoms with van der Waals surface area (Å²) in [7, 11) is -3.79. The van der Waals surface area contributed by atoms with Crippen molar-refractivity contribution in [3.63, 3.8) is 0 Å². The summed E-state index contributed by atoms with van der Waals surface area (Å²) >= 11 is 6.28. The minimum absolute atomic E-state index is 0.124. The molecule has 8 heteroatoms. The van der Waals surface area contributed by atoms with Gasteiger partial charge in [0.25, 0.3) is 0 Å². The van der Waals surface area contributed by atoms with Crippen LogP contribution >= 0.6 is 11.6 Å². The summed E-state index contributed by atoms with van der Waals surface area (Å²) in [5, 5.41) is 15.2. The standard InChI is InChI=1S/C17H17ClN4O2S/c18-14-5-3-4-13(12-19)17(14)22-10-8-21(9-11-22)15-6-1-2-7-16(15)25(20,23)24/h1-7H,8-11H2,(H2,20,23,24). The van der Waals surface area contributed by atoms with Gasteiger partial charge < -0.3 is 9.80 Å². The molecule has 0 bridgehead atoms. The van der Waals surface area contributed by atoms with Crippen LogP contribution < -0.4 is 14.9 Å². The van der Waals surface area contributed by atoms with Crippen molar-refractivity contribution in [3.05, 3.63) is 53.1 Å². The van der Waals surface area contributed by atoms with Gasteiger partial charge in [-0.25, -0.2) is 13.6 Å². The average molecular weight is 377 g/mol. The second kappa shape index (κ2) is 6.92. The Labute approximate surface area is 152 Å². The SMILES string of the molecule is N#Cc1cccc(Cl)c1N1CCN(c2ccccc2S(N)(=O)=O)CC1. The lowest BCUT2D eigenvalue weighted by atomic mass is 10.1. The number of nitriles is 1. The maximum atomic E-state index is 11.8. The Morgan fingerprint density at radius 3 is 2.28 bits per heavy atom.